The lowest BCUT2D eigenvalue weighted by molar-refractivity contribution is -0.139. The van der Waals surface area contributed by atoms with E-state index < -0.39 is 41.7 Å². The fraction of sp³-hybridized carbons (Fsp3) is 0.385. The molecule has 8 N–H and O–H groups in total. The third kappa shape index (κ3) is 7.13. The van der Waals surface area contributed by atoms with Crippen molar-refractivity contribution in [3.8, 4) is 0 Å². The number of fused-ring (bicyclic) bond motifs is 8. The minimum absolute atomic E-state index is 0.0775. The van der Waals surface area contributed by atoms with Crippen molar-refractivity contribution in [1.29, 1.82) is 0 Å². The summed E-state index contributed by atoms with van der Waals surface area (Å²) in [7, 11) is 0. The van der Waals surface area contributed by atoms with E-state index in [1.54, 1.807) is 19.1 Å². The molecule has 5 rings (SSSR count). The Morgan fingerprint density at radius 1 is 0.981 bits per heavy atom. The highest BCUT2D eigenvalue weighted by molar-refractivity contribution is 6.26. The Hall–Kier alpha value is -5.56. The number of hydrogen-bond acceptors (Lipinski definition) is 7. The van der Waals surface area contributed by atoms with Crippen molar-refractivity contribution in [2.24, 2.45) is 5.73 Å². The van der Waals surface area contributed by atoms with Gasteiger partial charge in [0.1, 0.15) is 6.04 Å². The van der Waals surface area contributed by atoms with Gasteiger partial charge in [-0.3, -0.25) is 14.6 Å². The average Bonchev–Trinajstić information content (AvgIpc) is 3.76. The molecule has 0 radical (unpaired) electrons. The number of amides is 1. The lowest BCUT2D eigenvalue weighted by atomic mass is 9.84. The number of H-pyrrole nitrogens is 2. The number of aliphatic carboxylic acids is 3. The van der Waals surface area contributed by atoms with Crippen molar-refractivity contribution in [3.63, 3.8) is 0 Å². The Labute approximate surface area is 301 Å². The van der Waals surface area contributed by atoms with Gasteiger partial charge in [-0.1, -0.05) is 26.5 Å². The summed E-state index contributed by atoms with van der Waals surface area (Å²) in [6, 6.07) is 4.31. The molecule has 3 aromatic rings. The van der Waals surface area contributed by atoms with Crippen molar-refractivity contribution in [2.45, 2.75) is 91.0 Å². The molecular weight excluding hydrogens is 664 g/mol. The van der Waals surface area contributed by atoms with Crippen LogP contribution in [-0.2, 0) is 20.8 Å². The molecule has 3 aromatic heterocycles. The summed E-state index contributed by atoms with van der Waals surface area (Å²) in [5.41, 5.74) is 13.2. The Bertz CT molecular complexity index is 2180. The highest BCUT2D eigenvalue weighted by Gasteiger charge is 2.38. The molecule has 2 aliphatic heterocycles. The number of unbranched alkanes of at least 4 members (excludes halogenated alkanes) is 1. The molecule has 52 heavy (non-hydrogen) atoms. The number of aromatic nitrogens is 4. The van der Waals surface area contributed by atoms with Crippen LogP contribution in [0, 0.1) is 13.8 Å². The van der Waals surface area contributed by atoms with E-state index in [1.165, 1.54) is 0 Å². The van der Waals surface area contributed by atoms with Gasteiger partial charge in [-0.25, -0.2) is 14.6 Å². The number of carboxylic acids is 3. The molecule has 0 spiro atoms. The first-order valence-corrected chi connectivity index (χ1v) is 17.5. The Morgan fingerprint density at radius 3 is 2.29 bits per heavy atom. The van der Waals surface area contributed by atoms with Crippen LogP contribution < -0.4 is 11.1 Å². The van der Waals surface area contributed by atoms with Crippen LogP contribution in [0.3, 0.4) is 0 Å². The van der Waals surface area contributed by atoms with E-state index in [1.807, 2.05) is 39.8 Å². The molecule has 0 saturated carbocycles. The summed E-state index contributed by atoms with van der Waals surface area (Å²) in [4.78, 5) is 68.5. The summed E-state index contributed by atoms with van der Waals surface area (Å²) in [5, 5.41) is 33.0. The van der Waals surface area contributed by atoms with Crippen molar-refractivity contribution in [3.05, 3.63) is 75.4 Å². The maximum Gasteiger partial charge on any atom is 0.338 e. The van der Waals surface area contributed by atoms with E-state index in [9.17, 15) is 34.5 Å². The topological polar surface area (TPSA) is 224 Å². The molecule has 13 nitrogen and oxygen atoms in total. The molecule has 3 atom stereocenters. The van der Waals surface area contributed by atoms with Crippen LogP contribution >= 0.6 is 0 Å². The number of hydrogen-bond donors (Lipinski definition) is 7. The Morgan fingerprint density at radius 2 is 1.67 bits per heavy atom. The van der Waals surface area contributed by atoms with Crippen LogP contribution in [0.25, 0.3) is 39.3 Å². The van der Waals surface area contributed by atoms with Gasteiger partial charge < -0.3 is 36.3 Å². The molecule has 8 bridgehead atoms. The van der Waals surface area contributed by atoms with E-state index in [0.717, 1.165) is 44.3 Å². The number of aromatic amines is 2. The van der Waals surface area contributed by atoms with Crippen LogP contribution in [0.2, 0.25) is 0 Å². The van der Waals surface area contributed by atoms with E-state index in [2.05, 4.69) is 21.9 Å². The quantitative estimate of drug-likeness (QED) is 0.0992. The van der Waals surface area contributed by atoms with Crippen molar-refractivity contribution >= 4 is 63.1 Å². The first-order chi connectivity index (χ1) is 24.7. The standard InChI is InChI=1S/C39H46N6O7/c1-7-22-18(3)26-15-28-20(5)24(12-13-32(46)47)35(43-28)34(37(48)45-25(38(49)50)11-9-10-14-40)36-33(39(51)52)21(6)29(44-36)17-31-23(8-2)19(4)27(42-31)16-30(22)41-26/h7,15-17,20,24-25,41-42H,1,8-14,40H2,2-6H3,(H,45,48)(H,46,47)(H,49,50)(H,51,52)/t20-,24-,25?/m0/s1. The maximum absolute atomic E-state index is 14.5. The molecule has 2 aliphatic rings. The van der Waals surface area contributed by atoms with Gasteiger partial charge >= 0.3 is 17.9 Å². The number of carbonyl (C=O) groups excluding carboxylic acids is 1. The summed E-state index contributed by atoms with van der Waals surface area (Å²) in [6.45, 7) is 13.9. The minimum atomic E-state index is -1.33. The third-order valence-corrected chi connectivity index (χ3v) is 10.3. The SMILES string of the molecule is C=Cc1c(C)c2cc3nc(c(C(=O)NC(CCCCN)C(=O)O)c4nc(cc5[nH]c(cc1[nH]2)c(C)c5CC)C(C)=C4C(=O)O)[C@@H](CCC(=O)O)[C@@H]3C. The smallest absolute Gasteiger partial charge is 0.338 e. The first kappa shape index (κ1) is 37.7. The number of nitrogens with one attached hydrogen (secondary N) is 3. The lowest BCUT2D eigenvalue weighted by Crippen LogP contribution is -2.41. The molecule has 0 aliphatic carbocycles. The van der Waals surface area contributed by atoms with Gasteiger partial charge in [0.05, 0.1) is 28.2 Å². The first-order valence-electron chi connectivity index (χ1n) is 17.5. The fourth-order valence-electron chi connectivity index (χ4n) is 7.32. The highest BCUT2D eigenvalue weighted by atomic mass is 16.4. The predicted molar refractivity (Wildman–Crippen MR) is 200 cm³/mol. The van der Waals surface area contributed by atoms with Crippen LogP contribution in [0.5, 0.6) is 0 Å². The van der Waals surface area contributed by atoms with Crippen molar-refractivity contribution < 1.29 is 34.5 Å². The predicted octanol–water partition coefficient (Wildman–Crippen LogP) is 6.22. The van der Waals surface area contributed by atoms with Crippen molar-refractivity contribution in [2.75, 3.05) is 6.54 Å². The number of carboxylic acid groups (broad SMARTS) is 3. The number of carbonyl (C=O) groups is 4. The van der Waals surface area contributed by atoms with Gasteiger partial charge in [-0.2, -0.15) is 0 Å². The van der Waals surface area contributed by atoms with Gasteiger partial charge in [-0.15, -0.1) is 0 Å². The van der Waals surface area contributed by atoms with Gasteiger partial charge in [0.15, 0.2) is 0 Å². The monoisotopic (exact) mass is 710 g/mol. The summed E-state index contributed by atoms with van der Waals surface area (Å²) < 4.78 is 0. The second-order valence-electron chi connectivity index (χ2n) is 13.5. The number of nitrogens with zero attached hydrogens (tertiary/aromatic N) is 2. The van der Waals surface area contributed by atoms with E-state index in [-0.39, 0.29) is 41.8 Å². The summed E-state index contributed by atoms with van der Waals surface area (Å²) in [5.74, 6) is -5.57. The molecule has 1 amide bonds. The molecule has 1 unspecified atom stereocenters. The van der Waals surface area contributed by atoms with Gasteiger partial charge in [0, 0.05) is 51.6 Å². The molecule has 0 aromatic carbocycles. The molecule has 0 saturated heterocycles. The van der Waals surface area contributed by atoms with E-state index >= 15 is 0 Å². The van der Waals surface area contributed by atoms with Crippen LogP contribution in [0.1, 0.15) is 120 Å². The zero-order valence-electron chi connectivity index (χ0n) is 30.1. The second kappa shape index (κ2) is 15.4. The van der Waals surface area contributed by atoms with E-state index in [0.29, 0.717) is 42.8 Å². The third-order valence-electron chi connectivity index (χ3n) is 10.3. The van der Waals surface area contributed by atoms with Gasteiger partial charge in [-0.05, 0) is 99.9 Å². The molecule has 0 fully saturated rings. The van der Waals surface area contributed by atoms with Gasteiger partial charge in [0.25, 0.3) is 5.91 Å². The average molecular weight is 711 g/mol. The Kier molecular flexibility index (Phi) is 11.1. The Balaban J connectivity index is 1.98. The largest absolute Gasteiger partial charge is 0.481 e. The molecular formula is C39H46N6O7. The maximum atomic E-state index is 14.5. The van der Waals surface area contributed by atoms with Gasteiger partial charge in [0.2, 0.25) is 0 Å². The fourth-order valence-corrected chi connectivity index (χ4v) is 7.32. The molecule has 13 heteroatoms. The number of rotatable bonds is 13. The highest BCUT2D eigenvalue weighted by Crippen LogP contribution is 2.43. The zero-order chi connectivity index (χ0) is 38.0. The number of aryl methyl sites for hydroxylation is 3. The lowest BCUT2D eigenvalue weighted by Gasteiger charge is -2.19. The van der Waals surface area contributed by atoms with Crippen molar-refractivity contribution in [1.82, 2.24) is 25.3 Å². The minimum Gasteiger partial charge on any atom is -0.481 e. The number of allylic oxidation sites excluding steroid dienone is 1. The normalized spacial score (nSPS) is 16.1. The van der Waals surface area contributed by atoms with Crippen LogP contribution in [0.4, 0.5) is 0 Å². The zero-order valence-corrected chi connectivity index (χ0v) is 30.1. The number of nitrogens with two attached hydrogens (primary N) is 1. The summed E-state index contributed by atoms with van der Waals surface area (Å²) in [6.07, 6.45) is 3.33. The molecule has 274 valence electrons. The van der Waals surface area contributed by atoms with Crippen LogP contribution in [-0.4, -0.2) is 71.7 Å². The molecule has 5 heterocycles. The summed E-state index contributed by atoms with van der Waals surface area (Å²) >= 11 is 0. The second-order valence-corrected chi connectivity index (χ2v) is 13.5. The van der Waals surface area contributed by atoms with Crippen LogP contribution in [0.15, 0.2) is 24.8 Å². The van der Waals surface area contributed by atoms with E-state index in [4.69, 9.17) is 15.7 Å².